The molecule has 1 aliphatic heterocycles. The first-order chi connectivity index (χ1) is 9.00. The van der Waals surface area contributed by atoms with Gasteiger partial charge in [0, 0.05) is 29.2 Å². The number of hydrogen-bond donors (Lipinski definition) is 1. The fourth-order valence-corrected chi connectivity index (χ4v) is 3.00. The Morgan fingerprint density at radius 3 is 2.75 bits per heavy atom. The number of carbonyl (C=O) groups excluding carboxylic acids is 1. The number of aryl methyl sites for hydroxylation is 1. The number of nitrogens with two attached hydrogens (primary N) is 1. The highest BCUT2D eigenvalue weighted by atomic mass is 35.5. The Morgan fingerprint density at radius 1 is 1.45 bits per heavy atom. The smallest absolute Gasteiger partial charge is 0.254 e. The second-order valence-electron chi connectivity index (χ2n) is 5.38. The molecule has 1 heterocycles. The van der Waals surface area contributed by atoms with Crippen LogP contribution in [0.5, 0.6) is 0 Å². The number of halogens is 2. The second-order valence-corrected chi connectivity index (χ2v) is 5.82. The van der Waals surface area contributed by atoms with Crippen LogP contribution in [-0.2, 0) is 0 Å². The van der Waals surface area contributed by atoms with Gasteiger partial charge < -0.3 is 10.6 Å². The molecule has 0 aromatic heterocycles. The quantitative estimate of drug-likeness (QED) is 0.908. The lowest BCUT2D eigenvalue weighted by Crippen LogP contribution is -2.51. The van der Waals surface area contributed by atoms with Crippen LogP contribution in [0.4, 0.5) is 0 Å². The van der Waals surface area contributed by atoms with E-state index >= 15 is 0 Å². The molecule has 0 saturated carbocycles. The summed E-state index contributed by atoms with van der Waals surface area (Å²) in [4.78, 5) is 14.6. The van der Waals surface area contributed by atoms with Gasteiger partial charge >= 0.3 is 0 Å². The number of carbonyl (C=O) groups is 1. The minimum Gasteiger partial charge on any atom is -0.334 e. The SMILES string of the molecule is Cc1cc(Cl)ccc1C(=O)N1CCCCC1C(C)N.Cl. The van der Waals surface area contributed by atoms with Crippen molar-refractivity contribution in [2.24, 2.45) is 5.73 Å². The zero-order chi connectivity index (χ0) is 14.0. The molecule has 112 valence electrons. The molecule has 1 aromatic carbocycles. The lowest BCUT2D eigenvalue weighted by Gasteiger charge is -2.38. The molecule has 5 heteroatoms. The van der Waals surface area contributed by atoms with Gasteiger partial charge in [0.1, 0.15) is 0 Å². The number of nitrogens with zero attached hydrogens (tertiary/aromatic N) is 1. The Kier molecular flexibility index (Phi) is 6.31. The molecule has 2 N–H and O–H groups in total. The first-order valence-electron chi connectivity index (χ1n) is 6.83. The van der Waals surface area contributed by atoms with Gasteiger partial charge in [-0.3, -0.25) is 4.79 Å². The highest BCUT2D eigenvalue weighted by Gasteiger charge is 2.30. The van der Waals surface area contributed by atoms with Crippen molar-refractivity contribution < 1.29 is 4.79 Å². The molecule has 0 aliphatic carbocycles. The molecule has 1 saturated heterocycles. The summed E-state index contributed by atoms with van der Waals surface area (Å²) in [5.74, 6) is 0.0798. The highest BCUT2D eigenvalue weighted by molar-refractivity contribution is 6.30. The molecule has 3 nitrogen and oxygen atoms in total. The molecule has 1 aromatic rings. The van der Waals surface area contributed by atoms with E-state index in [1.54, 1.807) is 6.07 Å². The highest BCUT2D eigenvalue weighted by Crippen LogP contribution is 2.23. The average Bonchev–Trinajstić information content (AvgIpc) is 2.38. The maximum atomic E-state index is 12.7. The summed E-state index contributed by atoms with van der Waals surface area (Å²) in [5, 5.41) is 0.663. The van der Waals surface area contributed by atoms with E-state index in [9.17, 15) is 4.79 Å². The lowest BCUT2D eigenvalue weighted by molar-refractivity contribution is 0.0583. The van der Waals surface area contributed by atoms with Crippen molar-refractivity contribution >= 4 is 29.9 Å². The van der Waals surface area contributed by atoms with Crippen molar-refractivity contribution in [3.05, 3.63) is 34.3 Å². The summed E-state index contributed by atoms with van der Waals surface area (Å²) in [6, 6.07) is 5.58. The minimum absolute atomic E-state index is 0. The molecule has 1 aliphatic rings. The van der Waals surface area contributed by atoms with Gasteiger partial charge in [-0.25, -0.2) is 0 Å². The molecule has 2 unspecified atom stereocenters. The van der Waals surface area contributed by atoms with Crippen molar-refractivity contribution in [3.63, 3.8) is 0 Å². The summed E-state index contributed by atoms with van der Waals surface area (Å²) >= 11 is 5.94. The standard InChI is InChI=1S/C15H21ClN2O.ClH/c1-10-9-12(16)6-7-13(10)15(19)18-8-4-3-5-14(18)11(2)17;/h6-7,9,11,14H,3-5,8,17H2,1-2H3;1H. The number of likely N-dealkylation sites (tertiary alicyclic amines) is 1. The molecule has 0 bridgehead atoms. The van der Waals surface area contributed by atoms with E-state index in [0.29, 0.717) is 5.02 Å². The third-order valence-electron chi connectivity index (χ3n) is 3.84. The van der Waals surface area contributed by atoms with Crippen molar-refractivity contribution in [1.82, 2.24) is 4.90 Å². The van der Waals surface area contributed by atoms with E-state index in [1.807, 2.05) is 30.9 Å². The molecule has 0 radical (unpaired) electrons. The van der Waals surface area contributed by atoms with Crippen LogP contribution in [0.15, 0.2) is 18.2 Å². The van der Waals surface area contributed by atoms with Gasteiger partial charge in [0.25, 0.3) is 5.91 Å². The number of benzene rings is 1. The van der Waals surface area contributed by atoms with Gasteiger partial charge in [0.2, 0.25) is 0 Å². The summed E-state index contributed by atoms with van der Waals surface area (Å²) in [6.07, 6.45) is 3.20. The van der Waals surface area contributed by atoms with Gasteiger partial charge in [0.05, 0.1) is 0 Å². The molecular weight excluding hydrogens is 295 g/mol. The van der Waals surface area contributed by atoms with Crippen LogP contribution in [-0.4, -0.2) is 29.4 Å². The predicted octanol–water partition coefficient (Wildman–Crippen LogP) is 3.41. The van der Waals surface area contributed by atoms with E-state index in [-0.39, 0.29) is 30.4 Å². The van der Waals surface area contributed by atoms with E-state index < -0.39 is 0 Å². The zero-order valence-electron chi connectivity index (χ0n) is 11.9. The molecule has 0 spiro atoms. The van der Waals surface area contributed by atoms with Crippen molar-refractivity contribution in [1.29, 1.82) is 0 Å². The molecular formula is C15H22Cl2N2O. The van der Waals surface area contributed by atoms with Gasteiger partial charge in [-0.1, -0.05) is 11.6 Å². The Morgan fingerprint density at radius 2 is 2.15 bits per heavy atom. The van der Waals surface area contributed by atoms with Crippen LogP contribution in [0.3, 0.4) is 0 Å². The Hall–Kier alpha value is -0.770. The summed E-state index contributed by atoms with van der Waals surface area (Å²) in [7, 11) is 0. The minimum atomic E-state index is 0. The van der Waals surface area contributed by atoms with Crippen molar-refractivity contribution in [3.8, 4) is 0 Å². The summed E-state index contributed by atoms with van der Waals surface area (Å²) in [6.45, 7) is 4.70. The molecule has 1 fully saturated rings. The third-order valence-corrected chi connectivity index (χ3v) is 4.07. The van der Waals surface area contributed by atoms with E-state index in [0.717, 1.165) is 36.9 Å². The van der Waals surface area contributed by atoms with Crippen LogP contribution in [0.2, 0.25) is 5.02 Å². The number of rotatable bonds is 2. The van der Waals surface area contributed by atoms with Crippen LogP contribution in [0, 0.1) is 6.92 Å². The molecule has 1 amide bonds. The van der Waals surface area contributed by atoms with Crippen LogP contribution in [0.1, 0.15) is 42.1 Å². The Bertz CT molecular complexity index is 477. The maximum Gasteiger partial charge on any atom is 0.254 e. The van der Waals surface area contributed by atoms with E-state index in [2.05, 4.69) is 0 Å². The normalized spacial score (nSPS) is 20.2. The van der Waals surface area contributed by atoms with Gasteiger partial charge in [-0.15, -0.1) is 12.4 Å². The first-order valence-corrected chi connectivity index (χ1v) is 7.21. The fraction of sp³-hybridized carbons (Fsp3) is 0.533. The Labute approximate surface area is 131 Å². The zero-order valence-corrected chi connectivity index (χ0v) is 13.5. The number of piperidine rings is 1. The van der Waals surface area contributed by atoms with Gasteiger partial charge in [-0.2, -0.15) is 0 Å². The second kappa shape index (κ2) is 7.30. The van der Waals surface area contributed by atoms with Gasteiger partial charge in [0.15, 0.2) is 0 Å². The number of amides is 1. The number of hydrogen-bond acceptors (Lipinski definition) is 2. The Balaban J connectivity index is 0.00000200. The fourth-order valence-electron chi connectivity index (χ4n) is 2.78. The van der Waals surface area contributed by atoms with E-state index in [4.69, 9.17) is 17.3 Å². The molecule has 2 atom stereocenters. The van der Waals surface area contributed by atoms with Crippen LogP contribution < -0.4 is 5.73 Å². The monoisotopic (exact) mass is 316 g/mol. The molecule has 20 heavy (non-hydrogen) atoms. The van der Waals surface area contributed by atoms with Crippen LogP contribution >= 0.6 is 24.0 Å². The summed E-state index contributed by atoms with van der Waals surface area (Å²) in [5.41, 5.74) is 7.68. The first kappa shape index (κ1) is 17.3. The summed E-state index contributed by atoms with van der Waals surface area (Å²) < 4.78 is 0. The van der Waals surface area contributed by atoms with Crippen molar-refractivity contribution in [2.45, 2.75) is 45.2 Å². The molecule has 2 rings (SSSR count). The predicted molar refractivity (Wildman–Crippen MR) is 85.8 cm³/mol. The lowest BCUT2D eigenvalue weighted by atomic mass is 9.95. The third kappa shape index (κ3) is 3.66. The topological polar surface area (TPSA) is 46.3 Å². The van der Waals surface area contributed by atoms with Crippen LogP contribution in [0.25, 0.3) is 0 Å². The average molecular weight is 317 g/mol. The van der Waals surface area contributed by atoms with E-state index in [1.165, 1.54) is 0 Å². The maximum absolute atomic E-state index is 12.7. The van der Waals surface area contributed by atoms with Crippen molar-refractivity contribution in [2.75, 3.05) is 6.54 Å². The van der Waals surface area contributed by atoms with Gasteiger partial charge in [-0.05, 0) is 56.9 Å². The largest absolute Gasteiger partial charge is 0.334 e.